The summed E-state index contributed by atoms with van der Waals surface area (Å²) >= 11 is 0. The molecule has 0 bridgehead atoms. The van der Waals surface area contributed by atoms with Gasteiger partial charge in [0.05, 0.1) is 11.6 Å². The molecular formula is C16H20N2O. The highest BCUT2D eigenvalue weighted by Gasteiger charge is 2.30. The second kappa shape index (κ2) is 5.63. The van der Waals surface area contributed by atoms with E-state index in [0.29, 0.717) is 0 Å². The molecule has 0 saturated carbocycles. The van der Waals surface area contributed by atoms with Crippen LogP contribution in [0.25, 0.3) is 0 Å². The Kier molecular flexibility index (Phi) is 3.70. The molecule has 3 rings (SSSR count). The molecule has 2 heterocycles. The van der Waals surface area contributed by atoms with Crippen LogP contribution in [0.15, 0.2) is 24.3 Å². The van der Waals surface area contributed by atoms with E-state index in [9.17, 15) is 0 Å². The third-order valence-electron chi connectivity index (χ3n) is 4.52. The van der Waals surface area contributed by atoms with Gasteiger partial charge in [0.1, 0.15) is 0 Å². The molecule has 0 unspecified atom stereocenters. The largest absolute Gasteiger partial charge is 0.381 e. The highest BCUT2D eigenvalue weighted by molar-refractivity contribution is 5.50. The van der Waals surface area contributed by atoms with E-state index in [1.54, 1.807) is 0 Å². The monoisotopic (exact) mass is 256 g/mol. The van der Waals surface area contributed by atoms with Crippen molar-refractivity contribution in [3.05, 3.63) is 29.8 Å². The molecule has 0 amide bonds. The van der Waals surface area contributed by atoms with Gasteiger partial charge >= 0.3 is 0 Å². The van der Waals surface area contributed by atoms with Crippen molar-refractivity contribution >= 4 is 5.69 Å². The van der Waals surface area contributed by atoms with Gasteiger partial charge in [0.2, 0.25) is 0 Å². The lowest BCUT2D eigenvalue weighted by Gasteiger charge is -2.28. The fourth-order valence-corrected chi connectivity index (χ4v) is 3.34. The lowest BCUT2D eigenvalue weighted by Crippen LogP contribution is -2.26. The number of ether oxygens (including phenoxy) is 1. The van der Waals surface area contributed by atoms with E-state index >= 15 is 0 Å². The summed E-state index contributed by atoms with van der Waals surface area (Å²) in [4.78, 5) is 2.46. The summed E-state index contributed by atoms with van der Waals surface area (Å²) in [5.41, 5.74) is 2.00. The Hall–Kier alpha value is -1.53. The minimum Gasteiger partial charge on any atom is -0.381 e. The van der Waals surface area contributed by atoms with Crippen molar-refractivity contribution in [1.82, 2.24) is 0 Å². The summed E-state index contributed by atoms with van der Waals surface area (Å²) in [7, 11) is 0. The molecule has 19 heavy (non-hydrogen) atoms. The smallest absolute Gasteiger partial charge is 0.0991 e. The third kappa shape index (κ3) is 2.74. The quantitative estimate of drug-likeness (QED) is 0.816. The normalized spacial score (nSPS) is 24.4. The molecule has 2 fully saturated rings. The third-order valence-corrected chi connectivity index (χ3v) is 4.52. The maximum Gasteiger partial charge on any atom is 0.0991 e. The maximum atomic E-state index is 8.83. The number of nitrogens with zero attached hydrogens (tertiary/aromatic N) is 2. The Labute approximate surface area is 114 Å². The van der Waals surface area contributed by atoms with Gasteiger partial charge in [-0.2, -0.15) is 5.26 Å². The minimum atomic E-state index is 0.740. The molecule has 0 aromatic heterocycles. The van der Waals surface area contributed by atoms with E-state index in [1.807, 2.05) is 12.1 Å². The van der Waals surface area contributed by atoms with Gasteiger partial charge < -0.3 is 9.64 Å². The first kappa shape index (κ1) is 12.5. The summed E-state index contributed by atoms with van der Waals surface area (Å²) in [6.07, 6.45) is 3.75. The highest BCUT2D eigenvalue weighted by Crippen LogP contribution is 2.33. The molecule has 0 N–H and O–H groups in total. The zero-order valence-electron chi connectivity index (χ0n) is 11.2. The van der Waals surface area contributed by atoms with E-state index < -0.39 is 0 Å². The molecule has 3 nitrogen and oxygen atoms in total. The minimum absolute atomic E-state index is 0.740. The van der Waals surface area contributed by atoms with Crippen LogP contribution in [0.3, 0.4) is 0 Å². The van der Waals surface area contributed by atoms with E-state index in [0.717, 1.165) is 43.7 Å². The lowest BCUT2D eigenvalue weighted by molar-refractivity contribution is 0.0500. The van der Waals surface area contributed by atoms with Crippen molar-refractivity contribution in [2.45, 2.75) is 19.3 Å². The van der Waals surface area contributed by atoms with Crippen molar-refractivity contribution < 1.29 is 4.74 Å². The number of rotatable bonds is 2. The first-order valence-corrected chi connectivity index (χ1v) is 7.19. The molecule has 1 aromatic rings. The summed E-state index contributed by atoms with van der Waals surface area (Å²) in [5.74, 6) is 1.66. The molecule has 1 atom stereocenters. The Bertz CT molecular complexity index is 457. The molecule has 1 aromatic carbocycles. The van der Waals surface area contributed by atoms with Crippen molar-refractivity contribution in [1.29, 1.82) is 5.26 Å². The fourth-order valence-electron chi connectivity index (χ4n) is 3.34. The zero-order chi connectivity index (χ0) is 13.1. The van der Waals surface area contributed by atoms with Gasteiger partial charge in [-0.1, -0.05) is 0 Å². The molecular weight excluding hydrogens is 236 g/mol. The van der Waals surface area contributed by atoms with Crippen molar-refractivity contribution in [3.63, 3.8) is 0 Å². The van der Waals surface area contributed by atoms with Crippen LogP contribution in [-0.4, -0.2) is 26.3 Å². The second-order valence-corrected chi connectivity index (χ2v) is 5.60. The molecule has 100 valence electrons. The van der Waals surface area contributed by atoms with Crippen LogP contribution in [-0.2, 0) is 4.74 Å². The molecule has 0 radical (unpaired) electrons. The first-order valence-electron chi connectivity index (χ1n) is 7.19. The van der Waals surface area contributed by atoms with Crippen LogP contribution in [0.2, 0.25) is 0 Å². The van der Waals surface area contributed by atoms with Crippen LogP contribution in [0.4, 0.5) is 5.69 Å². The fraction of sp³-hybridized carbons (Fsp3) is 0.562. The van der Waals surface area contributed by atoms with Gasteiger partial charge in [-0.25, -0.2) is 0 Å². The van der Waals surface area contributed by atoms with Crippen molar-refractivity contribution in [2.75, 3.05) is 31.2 Å². The van der Waals surface area contributed by atoms with Crippen LogP contribution in [0.5, 0.6) is 0 Å². The molecule has 0 spiro atoms. The van der Waals surface area contributed by atoms with E-state index in [1.165, 1.54) is 24.9 Å². The topological polar surface area (TPSA) is 36.3 Å². The number of hydrogen-bond acceptors (Lipinski definition) is 3. The average Bonchev–Trinajstić information content (AvgIpc) is 2.98. The van der Waals surface area contributed by atoms with E-state index in [-0.39, 0.29) is 0 Å². The second-order valence-electron chi connectivity index (χ2n) is 5.60. The summed E-state index contributed by atoms with van der Waals surface area (Å²) < 4.78 is 5.45. The van der Waals surface area contributed by atoms with Gasteiger partial charge in [0.25, 0.3) is 0 Å². The van der Waals surface area contributed by atoms with Crippen LogP contribution in [0.1, 0.15) is 24.8 Å². The van der Waals surface area contributed by atoms with E-state index in [4.69, 9.17) is 10.00 Å². The summed E-state index contributed by atoms with van der Waals surface area (Å²) in [6.45, 7) is 4.19. The van der Waals surface area contributed by atoms with Crippen molar-refractivity contribution in [2.24, 2.45) is 11.8 Å². The number of anilines is 1. The Morgan fingerprint density at radius 1 is 1.05 bits per heavy atom. The standard InChI is InChI=1S/C16H20N2O/c17-11-13-1-3-16(4-2-13)18-8-5-15(12-18)14-6-9-19-10-7-14/h1-4,14-15H,5-10,12H2/t15-/m0/s1. The predicted molar refractivity (Wildman–Crippen MR) is 75.0 cm³/mol. The summed E-state index contributed by atoms with van der Waals surface area (Å²) in [6, 6.07) is 10.1. The van der Waals surface area contributed by atoms with Gasteiger partial charge in [-0.15, -0.1) is 0 Å². The number of nitriles is 1. The summed E-state index contributed by atoms with van der Waals surface area (Å²) in [5, 5.41) is 8.83. The molecule has 3 heteroatoms. The lowest BCUT2D eigenvalue weighted by atomic mass is 9.85. The first-order chi connectivity index (χ1) is 9.36. The molecule has 2 saturated heterocycles. The van der Waals surface area contributed by atoms with Gasteiger partial charge in [-0.05, 0) is 55.4 Å². The van der Waals surface area contributed by atoms with Gasteiger partial charge in [0, 0.05) is 32.0 Å². The van der Waals surface area contributed by atoms with Crippen LogP contribution >= 0.6 is 0 Å². The molecule has 2 aliphatic rings. The number of hydrogen-bond donors (Lipinski definition) is 0. The van der Waals surface area contributed by atoms with E-state index in [2.05, 4.69) is 23.1 Å². The Morgan fingerprint density at radius 3 is 2.47 bits per heavy atom. The van der Waals surface area contributed by atoms with Crippen LogP contribution in [0, 0.1) is 23.2 Å². The van der Waals surface area contributed by atoms with Crippen LogP contribution < -0.4 is 4.90 Å². The zero-order valence-corrected chi connectivity index (χ0v) is 11.2. The Morgan fingerprint density at radius 2 is 1.79 bits per heavy atom. The van der Waals surface area contributed by atoms with Gasteiger partial charge in [0.15, 0.2) is 0 Å². The SMILES string of the molecule is N#Cc1ccc(N2CC[C@H](C3CCOCC3)C2)cc1. The highest BCUT2D eigenvalue weighted by atomic mass is 16.5. The average molecular weight is 256 g/mol. The van der Waals surface area contributed by atoms with Crippen molar-refractivity contribution in [3.8, 4) is 6.07 Å². The maximum absolute atomic E-state index is 8.83. The van der Waals surface area contributed by atoms with Gasteiger partial charge in [-0.3, -0.25) is 0 Å². The Balaban J connectivity index is 1.63. The number of benzene rings is 1. The predicted octanol–water partition coefficient (Wildman–Crippen LogP) is 2.81. The molecule has 2 aliphatic heterocycles. The molecule has 0 aliphatic carbocycles.